The second-order valence-corrected chi connectivity index (χ2v) is 4.34. The summed E-state index contributed by atoms with van der Waals surface area (Å²) >= 11 is 0. The third kappa shape index (κ3) is 4.60. The van der Waals surface area contributed by atoms with Crippen LogP contribution in [0, 0.1) is 0 Å². The van der Waals surface area contributed by atoms with Gasteiger partial charge in [-0.05, 0) is 19.1 Å². The van der Waals surface area contributed by atoms with E-state index in [1.165, 1.54) is 11.9 Å². The van der Waals surface area contributed by atoms with Gasteiger partial charge < -0.3 is 20.4 Å². The van der Waals surface area contributed by atoms with Crippen LogP contribution in [0.25, 0.3) is 0 Å². The molecule has 0 radical (unpaired) electrons. The molecule has 1 aromatic rings. The Bertz CT molecular complexity index is 397. The van der Waals surface area contributed by atoms with Crippen molar-refractivity contribution in [2.24, 2.45) is 5.10 Å². The molecule has 4 unspecified atom stereocenters. The molecule has 1 aromatic carbocycles. The van der Waals surface area contributed by atoms with E-state index in [1.54, 1.807) is 7.05 Å². The molecule has 6 nitrogen and oxygen atoms in total. The predicted molar refractivity (Wildman–Crippen MR) is 73.0 cm³/mol. The van der Waals surface area contributed by atoms with E-state index >= 15 is 0 Å². The normalized spacial score (nSPS) is 18.0. The Labute approximate surface area is 112 Å². The van der Waals surface area contributed by atoms with Crippen LogP contribution < -0.4 is 5.01 Å². The van der Waals surface area contributed by atoms with Crippen LogP contribution >= 0.6 is 0 Å². The van der Waals surface area contributed by atoms with E-state index in [0.29, 0.717) is 0 Å². The van der Waals surface area contributed by atoms with Crippen molar-refractivity contribution in [3.63, 3.8) is 0 Å². The lowest BCUT2D eigenvalue weighted by Crippen LogP contribution is -2.44. The maximum absolute atomic E-state index is 9.64. The number of hydrogen-bond donors (Lipinski definition) is 4. The molecule has 0 aliphatic carbocycles. The zero-order chi connectivity index (χ0) is 14.4. The maximum Gasteiger partial charge on any atom is 0.119 e. The monoisotopic (exact) mass is 268 g/mol. The maximum atomic E-state index is 9.64. The fourth-order valence-corrected chi connectivity index (χ4v) is 1.45. The highest BCUT2D eigenvalue weighted by Crippen LogP contribution is 2.11. The number of benzene rings is 1. The quantitative estimate of drug-likeness (QED) is 0.415. The number of rotatable bonds is 6. The lowest BCUT2D eigenvalue weighted by molar-refractivity contribution is -0.0821. The molecule has 0 aliphatic rings. The van der Waals surface area contributed by atoms with Crippen LogP contribution in [0.15, 0.2) is 35.4 Å². The number of aliphatic hydroxyl groups excluding tert-OH is 4. The first kappa shape index (κ1) is 15.6. The Morgan fingerprint density at radius 2 is 1.63 bits per heavy atom. The molecular weight excluding hydrogens is 248 g/mol. The summed E-state index contributed by atoms with van der Waals surface area (Å²) < 4.78 is 0. The molecule has 0 saturated carbocycles. The van der Waals surface area contributed by atoms with Crippen LogP contribution in [0.5, 0.6) is 0 Å². The molecule has 0 aliphatic heterocycles. The van der Waals surface area contributed by atoms with E-state index in [0.717, 1.165) is 11.9 Å². The number of anilines is 1. The number of aliphatic hydroxyl groups is 4. The smallest absolute Gasteiger partial charge is 0.119 e. The van der Waals surface area contributed by atoms with E-state index < -0.39 is 24.4 Å². The molecule has 4 N–H and O–H groups in total. The van der Waals surface area contributed by atoms with Crippen molar-refractivity contribution in [2.45, 2.75) is 31.3 Å². The van der Waals surface area contributed by atoms with Crippen LogP contribution in [-0.4, -0.2) is 58.1 Å². The topological polar surface area (TPSA) is 96.5 Å². The van der Waals surface area contributed by atoms with Gasteiger partial charge in [0.1, 0.15) is 18.3 Å². The zero-order valence-corrected chi connectivity index (χ0v) is 11.0. The summed E-state index contributed by atoms with van der Waals surface area (Å²) in [4.78, 5) is 0. The van der Waals surface area contributed by atoms with Crippen LogP contribution in [0.2, 0.25) is 0 Å². The van der Waals surface area contributed by atoms with E-state index in [-0.39, 0.29) is 0 Å². The van der Waals surface area contributed by atoms with Crippen molar-refractivity contribution in [1.29, 1.82) is 0 Å². The summed E-state index contributed by atoms with van der Waals surface area (Å²) in [5, 5.41) is 43.2. The lowest BCUT2D eigenvalue weighted by atomic mass is 10.1. The fourth-order valence-electron chi connectivity index (χ4n) is 1.45. The number of hydrogen-bond acceptors (Lipinski definition) is 6. The minimum atomic E-state index is -1.49. The Morgan fingerprint density at radius 3 is 2.16 bits per heavy atom. The van der Waals surface area contributed by atoms with Crippen LogP contribution in [0.1, 0.15) is 6.92 Å². The first-order valence-corrected chi connectivity index (χ1v) is 5.98. The standard InChI is InChI=1S/C13H20N2O4/c1-9(16)12(18)13(19)11(17)8-14-15(2)10-6-4-3-5-7-10/h3-9,11-13,16-19H,1-2H3/b14-8+. The summed E-state index contributed by atoms with van der Waals surface area (Å²) in [6.45, 7) is 1.33. The average Bonchev–Trinajstić information content (AvgIpc) is 2.43. The van der Waals surface area contributed by atoms with E-state index in [2.05, 4.69) is 5.10 Å². The second-order valence-electron chi connectivity index (χ2n) is 4.34. The second kappa shape index (κ2) is 7.20. The van der Waals surface area contributed by atoms with E-state index in [1.807, 2.05) is 30.3 Å². The molecular formula is C13H20N2O4. The van der Waals surface area contributed by atoms with E-state index in [9.17, 15) is 15.3 Å². The van der Waals surface area contributed by atoms with Gasteiger partial charge in [-0.2, -0.15) is 5.10 Å². The molecule has 0 saturated heterocycles. The molecule has 0 aromatic heterocycles. The minimum Gasteiger partial charge on any atom is -0.391 e. The molecule has 0 heterocycles. The van der Waals surface area contributed by atoms with Crippen molar-refractivity contribution in [2.75, 3.05) is 12.1 Å². The highest BCUT2D eigenvalue weighted by atomic mass is 16.4. The van der Waals surface area contributed by atoms with Crippen LogP contribution in [0.4, 0.5) is 5.69 Å². The van der Waals surface area contributed by atoms with Crippen molar-refractivity contribution < 1.29 is 20.4 Å². The van der Waals surface area contributed by atoms with Gasteiger partial charge in [0.2, 0.25) is 0 Å². The minimum absolute atomic E-state index is 0.816. The number of hydrazone groups is 1. The van der Waals surface area contributed by atoms with Crippen LogP contribution in [0.3, 0.4) is 0 Å². The lowest BCUT2D eigenvalue weighted by Gasteiger charge is -2.23. The molecule has 0 amide bonds. The fraction of sp³-hybridized carbons (Fsp3) is 0.462. The van der Waals surface area contributed by atoms with Crippen molar-refractivity contribution in [3.05, 3.63) is 30.3 Å². The largest absolute Gasteiger partial charge is 0.391 e. The van der Waals surface area contributed by atoms with Crippen molar-refractivity contribution in [3.8, 4) is 0 Å². The van der Waals surface area contributed by atoms with Gasteiger partial charge in [-0.15, -0.1) is 0 Å². The van der Waals surface area contributed by atoms with Gasteiger partial charge >= 0.3 is 0 Å². The molecule has 106 valence electrons. The molecule has 1 rings (SSSR count). The molecule has 0 bridgehead atoms. The molecule has 4 atom stereocenters. The predicted octanol–water partition coefficient (Wildman–Crippen LogP) is -0.428. The first-order chi connectivity index (χ1) is 8.93. The van der Waals surface area contributed by atoms with Gasteiger partial charge in [0.15, 0.2) is 0 Å². The Morgan fingerprint density at radius 1 is 1.05 bits per heavy atom. The summed E-state index contributed by atoms with van der Waals surface area (Å²) in [6, 6.07) is 9.25. The van der Waals surface area contributed by atoms with E-state index in [4.69, 9.17) is 5.11 Å². The first-order valence-electron chi connectivity index (χ1n) is 5.98. The number of para-hydroxylation sites is 1. The highest BCUT2D eigenvalue weighted by molar-refractivity contribution is 5.65. The van der Waals surface area contributed by atoms with Crippen molar-refractivity contribution >= 4 is 11.9 Å². The Balaban J connectivity index is 2.61. The summed E-state index contributed by atoms with van der Waals surface area (Å²) in [6.07, 6.45) is -4.31. The zero-order valence-electron chi connectivity index (χ0n) is 11.0. The number of nitrogens with zero attached hydrogens (tertiary/aromatic N) is 2. The Kier molecular flexibility index (Phi) is 5.91. The van der Waals surface area contributed by atoms with Crippen LogP contribution in [-0.2, 0) is 0 Å². The summed E-state index contributed by atoms with van der Waals surface area (Å²) in [5.41, 5.74) is 0.816. The van der Waals surface area contributed by atoms with Gasteiger partial charge in [-0.3, -0.25) is 5.01 Å². The molecule has 0 fully saturated rings. The van der Waals surface area contributed by atoms with Crippen molar-refractivity contribution in [1.82, 2.24) is 0 Å². The molecule has 6 heteroatoms. The SMILES string of the molecule is CC(O)C(O)C(O)C(O)/C=N/N(C)c1ccccc1. The van der Waals surface area contributed by atoms with Gasteiger partial charge in [-0.25, -0.2) is 0 Å². The third-order valence-electron chi connectivity index (χ3n) is 2.72. The molecule has 0 spiro atoms. The average molecular weight is 268 g/mol. The summed E-state index contributed by atoms with van der Waals surface area (Å²) in [5.74, 6) is 0. The highest BCUT2D eigenvalue weighted by Gasteiger charge is 2.27. The summed E-state index contributed by atoms with van der Waals surface area (Å²) in [7, 11) is 1.69. The van der Waals surface area contributed by atoms with Gasteiger partial charge in [0.25, 0.3) is 0 Å². The van der Waals surface area contributed by atoms with Gasteiger partial charge in [0.05, 0.1) is 18.0 Å². The molecule has 19 heavy (non-hydrogen) atoms. The van der Waals surface area contributed by atoms with Gasteiger partial charge in [-0.1, -0.05) is 18.2 Å². The Hall–Kier alpha value is -1.47. The third-order valence-corrected chi connectivity index (χ3v) is 2.72. The van der Waals surface area contributed by atoms with Gasteiger partial charge in [0, 0.05) is 7.05 Å².